The molecule has 0 N–H and O–H groups in total. The van der Waals surface area contributed by atoms with E-state index in [-0.39, 0.29) is 0 Å². The highest BCUT2D eigenvalue weighted by atomic mass is 16.3. The van der Waals surface area contributed by atoms with Gasteiger partial charge in [-0.05, 0) is 12.0 Å². The molecule has 2 aromatic rings. The molecule has 2 aromatic heterocycles. The maximum atomic E-state index is 5.24. The lowest BCUT2D eigenvalue weighted by Crippen LogP contribution is -2.07. The smallest absolute Gasteiger partial charge is 0.246 e. The fourth-order valence-corrected chi connectivity index (χ4v) is 1.70. The standard InChI is InChI=1S/C12H17N3O/c1-8(2)9(3)11-7-10(14-15(11)4)12-13-5-6-16-12/h5-9H,1-4H3/t9-/m1/s1. The molecule has 0 saturated carbocycles. The third-order valence-corrected chi connectivity index (χ3v) is 3.03. The second kappa shape index (κ2) is 4.12. The van der Waals surface area contributed by atoms with Gasteiger partial charge in [0.1, 0.15) is 12.0 Å². The molecule has 16 heavy (non-hydrogen) atoms. The van der Waals surface area contributed by atoms with Gasteiger partial charge in [-0.1, -0.05) is 20.8 Å². The van der Waals surface area contributed by atoms with Crippen LogP contribution in [-0.2, 0) is 7.05 Å². The molecular weight excluding hydrogens is 202 g/mol. The average molecular weight is 219 g/mol. The van der Waals surface area contributed by atoms with Gasteiger partial charge >= 0.3 is 0 Å². The van der Waals surface area contributed by atoms with Crippen LogP contribution in [0, 0.1) is 5.92 Å². The number of aryl methyl sites for hydroxylation is 1. The molecule has 4 heteroatoms. The Morgan fingerprint density at radius 2 is 2.06 bits per heavy atom. The Morgan fingerprint density at radius 1 is 1.31 bits per heavy atom. The maximum Gasteiger partial charge on any atom is 0.246 e. The molecule has 86 valence electrons. The summed E-state index contributed by atoms with van der Waals surface area (Å²) in [6.45, 7) is 6.63. The molecule has 0 radical (unpaired) electrons. The number of aromatic nitrogens is 3. The monoisotopic (exact) mass is 219 g/mol. The van der Waals surface area contributed by atoms with E-state index in [1.54, 1.807) is 12.5 Å². The molecule has 0 aromatic carbocycles. The van der Waals surface area contributed by atoms with Gasteiger partial charge in [0.15, 0.2) is 0 Å². The van der Waals surface area contributed by atoms with E-state index in [1.165, 1.54) is 5.69 Å². The molecule has 1 atom stereocenters. The predicted octanol–water partition coefficient (Wildman–Crippen LogP) is 2.83. The van der Waals surface area contributed by atoms with Crippen LogP contribution in [0.15, 0.2) is 22.9 Å². The van der Waals surface area contributed by atoms with Crippen LogP contribution in [0.25, 0.3) is 11.6 Å². The van der Waals surface area contributed by atoms with Crippen LogP contribution in [0.5, 0.6) is 0 Å². The van der Waals surface area contributed by atoms with Gasteiger partial charge in [0, 0.05) is 18.7 Å². The van der Waals surface area contributed by atoms with Crippen LogP contribution in [0.3, 0.4) is 0 Å². The third-order valence-electron chi connectivity index (χ3n) is 3.03. The van der Waals surface area contributed by atoms with E-state index in [4.69, 9.17) is 4.42 Å². The van der Waals surface area contributed by atoms with Crippen molar-refractivity contribution in [2.24, 2.45) is 13.0 Å². The minimum atomic E-state index is 0.473. The van der Waals surface area contributed by atoms with E-state index in [0.29, 0.717) is 17.7 Å². The molecule has 0 spiro atoms. The highest BCUT2D eigenvalue weighted by molar-refractivity contribution is 5.47. The van der Waals surface area contributed by atoms with Gasteiger partial charge in [-0.2, -0.15) is 5.10 Å². The summed E-state index contributed by atoms with van der Waals surface area (Å²) in [7, 11) is 1.96. The number of rotatable bonds is 3. The van der Waals surface area contributed by atoms with Gasteiger partial charge in [0.2, 0.25) is 5.89 Å². The van der Waals surface area contributed by atoms with E-state index >= 15 is 0 Å². The topological polar surface area (TPSA) is 43.9 Å². The molecule has 2 heterocycles. The molecule has 0 amide bonds. The first-order chi connectivity index (χ1) is 7.59. The number of nitrogens with zero attached hydrogens (tertiary/aromatic N) is 3. The highest BCUT2D eigenvalue weighted by Crippen LogP contribution is 2.26. The lowest BCUT2D eigenvalue weighted by atomic mass is 9.94. The van der Waals surface area contributed by atoms with Gasteiger partial charge in [0.05, 0.1) is 6.20 Å². The second-order valence-corrected chi connectivity index (χ2v) is 4.45. The minimum absolute atomic E-state index is 0.473. The van der Waals surface area contributed by atoms with Crippen molar-refractivity contribution in [2.45, 2.75) is 26.7 Å². The van der Waals surface area contributed by atoms with Gasteiger partial charge in [-0.25, -0.2) is 4.98 Å². The number of hydrogen-bond acceptors (Lipinski definition) is 3. The molecular formula is C12H17N3O. The lowest BCUT2D eigenvalue weighted by Gasteiger charge is -2.15. The maximum absolute atomic E-state index is 5.24. The van der Waals surface area contributed by atoms with E-state index in [0.717, 1.165) is 5.69 Å². The van der Waals surface area contributed by atoms with Crippen molar-refractivity contribution in [2.75, 3.05) is 0 Å². The summed E-state index contributed by atoms with van der Waals surface area (Å²) < 4.78 is 7.15. The van der Waals surface area contributed by atoms with Crippen molar-refractivity contribution >= 4 is 0 Å². The normalized spacial score (nSPS) is 13.3. The molecule has 0 aliphatic heterocycles. The molecule has 2 rings (SSSR count). The molecule has 0 saturated heterocycles. The summed E-state index contributed by atoms with van der Waals surface area (Å²) in [4.78, 5) is 4.10. The molecule has 0 unspecified atom stereocenters. The SMILES string of the molecule is CC(C)[C@@H](C)c1cc(-c2ncco2)nn1C. The van der Waals surface area contributed by atoms with Crippen molar-refractivity contribution in [3.8, 4) is 11.6 Å². The van der Waals surface area contributed by atoms with Crippen molar-refractivity contribution < 1.29 is 4.42 Å². The molecule has 0 aliphatic rings. The van der Waals surface area contributed by atoms with E-state index in [9.17, 15) is 0 Å². The lowest BCUT2D eigenvalue weighted by molar-refractivity contribution is 0.498. The van der Waals surface area contributed by atoms with Gasteiger partial charge in [-0.3, -0.25) is 4.68 Å². The zero-order valence-corrected chi connectivity index (χ0v) is 10.1. The third kappa shape index (κ3) is 1.87. The molecule has 0 fully saturated rings. The summed E-state index contributed by atoms with van der Waals surface area (Å²) in [6.07, 6.45) is 3.20. The first-order valence-corrected chi connectivity index (χ1v) is 5.53. The average Bonchev–Trinajstić information content (AvgIpc) is 2.84. The highest BCUT2D eigenvalue weighted by Gasteiger charge is 2.17. The Balaban J connectivity index is 2.36. The Morgan fingerprint density at radius 3 is 2.62 bits per heavy atom. The second-order valence-electron chi connectivity index (χ2n) is 4.45. The zero-order valence-electron chi connectivity index (χ0n) is 10.1. The summed E-state index contributed by atoms with van der Waals surface area (Å²) in [5, 5.41) is 4.42. The van der Waals surface area contributed by atoms with Crippen LogP contribution >= 0.6 is 0 Å². The van der Waals surface area contributed by atoms with Crippen molar-refractivity contribution in [1.29, 1.82) is 0 Å². The quantitative estimate of drug-likeness (QED) is 0.797. The summed E-state index contributed by atoms with van der Waals surface area (Å²) in [5.74, 6) is 1.65. The van der Waals surface area contributed by atoms with Crippen LogP contribution < -0.4 is 0 Å². The van der Waals surface area contributed by atoms with Gasteiger partial charge in [-0.15, -0.1) is 0 Å². The fourth-order valence-electron chi connectivity index (χ4n) is 1.70. The first kappa shape index (κ1) is 10.9. The first-order valence-electron chi connectivity index (χ1n) is 5.53. The van der Waals surface area contributed by atoms with Crippen LogP contribution in [0.1, 0.15) is 32.4 Å². The Kier molecular flexibility index (Phi) is 2.81. The fraction of sp³-hybridized carbons (Fsp3) is 0.500. The number of hydrogen-bond donors (Lipinski definition) is 0. The van der Waals surface area contributed by atoms with Crippen molar-refractivity contribution in [3.63, 3.8) is 0 Å². The number of oxazole rings is 1. The van der Waals surface area contributed by atoms with Crippen LogP contribution in [0.2, 0.25) is 0 Å². The van der Waals surface area contributed by atoms with E-state index < -0.39 is 0 Å². The molecule has 0 bridgehead atoms. The zero-order chi connectivity index (χ0) is 11.7. The summed E-state index contributed by atoms with van der Waals surface area (Å²) >= 11 is 0. The van der Waals surface area contributed by atoms with Crippen LogP contribution in [-0.4, -0.2) is 14.8 Å². The minimum Gasteiger partial charge on any atom is -0.443 e. The molecule has 4 nitrogen and oxygen atoms in total. The van der Waals surface area contributed by atoms with E-state index in [1.807, 2.05) is 11.7 Å². The summed E-state index contributed by atoms with van der Waals surface area (Å²) in [5.41, 5.74) is 2.01. The Labute approximate surface area is 95.3 Å². The largest absolute Gasteiger partial charge is 0.443 e. The van der Waals surface area contributed by atoms with Gasteiger partial charge < -0.3 is 4.42 Å². The Hall–Kier alpha value is -1.58. The van der Waals surface area contributed by atoms with Crippen molar-refractivity contribution in [1.82, 2.24) is 14.8 Å². The Bertz CT molecular complexity index is 457. The van der Waals surface area contributed by atoms with Crippen molar-refractivity contribution in [3.05, 3.63) is 24.2 Å². The predicted molar refractivity (Wildman–Crippen MR) is 62.0 cm³/mol. The summed E-state index contributed by atoms with van der Waals surface area (Å²) in [6, 6.07) is 2.05. The van der Waals surface area contributed by atoms with E-state index in [2.05, 4.69) is 36.9 Å². The van der Waals surface area contributed by atoms with Crippen LogP contribution in [0.4, 0.5) is 0 Å². The van der Waals surface area contributed by atoms with Gasteiger partial charge in [0.25, 0.3) is 0 Å². The molecule has 0 aliphatic carbocycles.